The molecule has 0 bridgehead atoms. The van der Waals surface area contributed by atoms with E-state index >= 15 is 0 Å². The Kier molecular flexibility index (Phi) is 7.64. The van der Waals surface area contributed by atoms with E-state index in [9.17, 15) is 4.79 Å². The maximum absolute atomic E-state index is 12.8. The minimum atomic E-state index is -2.61. The predicted molar refractivity (Wildman–Crippen MR) is 129 cm³/mol. The van der Waals surface area contributed by atoms with Crippen molar-refractivity contribution >= 4 is 32.9 Å². The molecular formula is C25H29N3O3S. The van der Waals surface area contributed by atoms with Gasteiger partial charge in [0.1, 0.15) is 0 Å². The first-order chi connectivity index (χ1) is 15.2. The molecule has 6 nitrogen and oxygen atoms in total. The van der Waals surface area contributed by atoms with Gasteiger partial charge in [0, 0.05) is 24.3 Å². The van der Waals surface area contributed by atoms with Crippen LogP contribution >= 0.6 is 0 Å². The van der Waals surface area contributed by atoms with Crippen molar-refractivity contribution in [2.75, 3.05) is 18.0 Å². The number of nitrogens with zero attached hydrogens (tertiary/aromatic N) is 1. The lowest BCUT2D eigenvalue weighted by Crippen LogP contribution is -2.26. The minimum absolute atomic E-state index is 0.0277. The Morgan fingerprint density at radius 1 is 0.938 bits per heavy atom. The molecule has 1 aliphatic rings. The van der Waals surface area contributed by atoms with Crippen molar-refractivity contribution in [3.05, 3.63) is 76.9 Å². The molecule has 1 atom stereocenters. The van der Waals surface area contributed by atoms with E-state index in [0.29, 0.717) is 5.56 Å². The average molecular weight is 452 g/mol. The third-order valence-corrected chi connectivity index (χ3v) is 5.94. The standard InChI is InChI=1S/C25H28N2O.HNO2S/c1-17-6-7-20(14-18(17)2)19(3)26-25(28)23-9-8-22-16-24(11-10-21(22)15-23)27-12-4-5-13-27;1-4(2)3/h6-11,14-16,19H,4-5,12-13H2,1-3H3,(H,26,28);1H/t19-;/m1./s1. The van der Waals surface area contributed by atoms with Crippen LogP contribution in [0.15, 0.2) is 54.6 Å². The zero-order valence-corrected chi connectivity index (χ0v) is 19.5. The number of benzene rings is 3. The Bertz CT molecular complexity index is 1230. The molecular weight excluding hydrogens is 422 g/mol. The highest BCUT2D eigenvalue weighted by Gasteiger charge is 2.15. The highest BCUT2D eigenvalue weighted by Crippen LogP contribution is 2.26. The van der Waals surface area contributed by atoms with E-state index < -0.39 is 10.5 Å². The summed E-state index contributed by atoms with van der Waals surface area (Å²) in [6.07, 6.45) is 2.55. The molecule has 2 N–H and O–H groups in total. The minimum Gasteiger partial charge on any atom is -0.372 e. The van der Waals surface area contributed by atoms with Crippen molar-refractivity contribution < 1.29 is 13.2 Å². The Morgan fingerprint density at radius 2 is 1.56 bits per heavy atom. The molecule has 0 unspecified atom stereocenters. The molecule has 0 saturated carbocycles. The Labute approximate surface area is 190 Å². The summed E-state index contributed by atoms with van der Waals surface area (Å²) in [4.78, 5) is 15.2. The molecule has 7 heteroatoms. The van der Waals surface area contributed by atoms with Gasteiger partial charge in [-0.05, 0) is 85.3 Å². The number of hydrogen-bond donors (Lipinski definition) is 2. The monoisotopic (exact) mass is 451 g/mol. The van der Waals surface area contributed by atoms with Crippen LogP contribution in [0.3, 0.4) is 0 Å². The topological polar surface area (TPSA) is 90.3 Å². The number of nitrogens with one attached hydrogen (secondary N) is 2. The molecule has 32 heavy (non-hydrogen) atoms. The van der Waals surface area contributed by atoms with Crippen LogP contribution in [0.4, 0.5) is 5.69 Å². The first-order valence-corrected chi connectivity index (χ1v) is 11.8. The zero-order chi connectivity index (χ0) is 23.3. The van der Waals surface area contributed by atoms with Gasteiger partial charge in [0.05, 0.1) is 6.04 Å². The lowest BCUT2D eigenvalue weighted by molar-refractivity contribution is 0.0940. The van der Waals surface area contributed by atoms with Gasteiger partial charge >= 0.3 is 10.5 Å². The van der Waals surface area contributed by atoms with Gasteiger partial charge in [0.2, 0.25) is 0 Å². The summed E-state index contributed by atoms with van der Waals surface area (Å²) in [5.41, 5.74) is 5.64. The summed E-state index contributed by atoms with van der Waals surface area (Å²) in [6, 6.07) is 18.9. The fraction of sp³-hybridized carbons (Fsp3) is 0.320. The first kappa shape index (κ1) is 23.5. The third-order valence-electron chi connectivity index (χ3n) is 5.94. The second-order valence-electron chi connectivity index (χ2n) is 8.21. The number of carbonyl (C=O) groups is 1. The summed E-state index contributed by atoms with van der Waals surface area (Å²) in [6.45, 7) is 8.52. The first-order valence-electron chi connectivity index (χ1n) is 10.7. The van der Waals surface area contributed by atoms with Crippen LogP contribution in [0.2, 0.25) is 0 Å². The highest BCUT2D eigenvalue weighted by atomic mass is 32.2. The van der Waals surface area contributed by atoms with Gasteiger partial charge in [0.15, 0.2) is 0 Å². The molecule has 1 fully saturated rings. The summed E-state index contributed by atoms with van der Waals surface area (Å²) in [5.74, 6) is -0.0313. The molecule has 0 spiro atoms. The van der Waals surface area contributed by atoms with Crippen LogP contribution in [0.1, 0.15) is 52.9 Å². The molecule has 1 saturated heterocycles. The molecule has 3 aromatic rings. The quantitative estimate of drug-likeness (QED) is 0.572. The normalized spacial score (nSPS) is 13.9. The lowest BCUT2D eigenvalue weighted by Gasteiger charge is -2.18. The summed E-state index contributed by atoms with van der Waals surface area (Å²) < 4.78 is 22.8. The molecule has 1 aliphatic heterocycles. The Morgan fingerprint density at radius 3 is 2.22 bits per heavy atom. The fourth-order valence-electron chi connectivity index (χ4n) is 3.94. The number of aryl methyl sites for hydroxylation is 2. The van der Waals surface area contributed by atoms with Crippen molar-refractivity contribution in [3.63, 3.8) is 0 Å². The summed E-state index contributed by atoms with van der Waals surface area (Å²) in [7, 11) is -2.61. The third kappa shape index (κ3) is 5.95. The molecule has 1 amide bonds. The number of hydrogen-bond acceptors (Lipinski definition) is 5. The number of rotatable bonds is 4. The van der Waals surface area contributed by atoms with Crippen molar-refractivity contribution in [3.8, 4) is 0 Å². The predicted octanol–water partition coefficient (Wildman–Crippen LogP) is 5.18. The van der Waals surface area contributed by atoms with Crippen molar-refractivity contribution in [1.29, 1.82) is 4.78 Å². The van der Waals surface area contributed by atoms with E-state index in [1.807, 2.05) is 19.1 Å². The molecule has 0 aromatic heterocycles. The van der Waals surface area contributed by atoms with Crippen molar-refractivity contribution in [2.45, 2.75) is 39.7 Å². The number of fused-ring (bicyclic) bond motifs is 1. The smallest absolute Gasteiger partial charge is 0.308 e. The molecule has 0 radical (unpaired) electrons. The van der Waals surface area contributed by atoms with Gasteiger partial charge in [-0.2, -0.15) is 13.2 Å². The van der Waals surface area contributed by atoms with Gasteiger partial charge < -0.3 is 10.2 Å². The van der Waals surface area contributed by atoms with Crippen LogP contribution < -0.4 is 10.2 Å². The fourth-order valence-corrected chi connectivity index (χ4v) is 3.94. The van der Waals surface area contributed by atoms with Crippen molar-refractivity contribution in [2.24, 2.45) is 0 Å². The second-order valence-corrected chi connectivity index (χ2v) is 8.68. The van der Waals surface area contributed by atoms with Crippen LogP contribution in [0, 0.1) is 18.6 Å². The van der Waals surface area contributed by atoms with E-state index in [-0.39, 0.29) is 11.9 Å². The number of anilines is 1. The SMILES string of the molecule is Cc1ccc([C@@H](C)NC(=O)c2ccc3cc(N4CCCC4)ccc3c2)cc1C.N=S(=O)=O. The molecule has 3 aromatic carbocycles. The van der Waals surface area contributed by atoms with E-state index in [1.54, 1.807) is 0 Å². The average Bonchev–Trinajstić information content (AvgIpc) is 3.29. The van der Waals surface area contributed by atoms with Gasteiger partial charge in [-0.1, -0.05) is 30.3 Å². The lowest BCUT2D eigenvalue weighted by atomic mass is 10.0. The molecule has 1 heterocycles. The van der Waals surface area contributed by atoms with Gasteiger partial charge in [-0.25, -0.2) is 0 Å². The molecule has 168 valence electrons. The summed E-state index contributed by atoms with van der Waals surface area (Å²) >= 11 is 0. The largest absolute Gasteiger partial charge is 0.372 e. The highest BCUT2D eigenvalue weighted by molar-refractivity contribution is 7.60. The van der Waals surface area contributed by atoms with E-state index in [2.05, 4.69) is 66.5 Å². The van der Waals surface area contributed by atoms with Crippen LogP contribution in [-0.2, 0) is 10.5 Å². The maximum Gasteiger partial charge on any atom is 0.308 e. The van der Waals surface area contributed by atoms with Crippen LogP contribution in [-0.4, -0.2) is 27.4 Å². The number of amides is 1. The maximum atomic E-state index is 12.8. The van der Waals surface area contributed by atoms with E-state index in [1.165, 1.54) is 35.0 Å². The Balaban J connectivity index is 0.000000668. The van der Waals surface area contributed by atoms with Crippen molar-refractivity contribution in [1.82, 2.24) is 5.32 Å². The number of carbonyl (C=O) groups excluding carboxylic acids is 1. The zero-order valence-electron chi connectivity index (χ0n) is 18.7. The molecule has 4 rings (SSSR count). The van der Waals surface area contributed by atoms with E-state index in [4.69, 9.17) is 13.2 Å². The van der Waals surface area contributed by atoms with Crippen LogP contribution in [0.5, 0.6) is 0 Å². The van der Waals surface area contributed by atoms with Gasteiger partial charge in [-0.15, -0.1) is 0 Å². The van der Waals surface area contributed by atoms with Gasteiger partial charge in [0.25, 0.3) is 5.91 Å². The Hall–Kier alpha value is -3.19. The van der Waals surface area contributed by atoms with Crippen LogP contribution in [0.25, 0.3) is 10.8 Å². The van der Waals surface area contributed by atoms with Gasteiger partial charge in [-0.3, -0.25) is 4.79 Å². The van der Waals surface area contributed by atoms with E-state index in [0.717, 1.165) is 24.0 Å². The molecule has 0 aliphatic carbocycles. The summed E-state index contributed by atoms with van der Waals surface area (Å²) in [5, 5.41) is 5.42. The second kappa shape index (κ2) is 10.4.